The number of benzene rings is 1. The molecule has 1 atom stereocenters. The molecule has 132 valence electrons. The summed E-state index contributed by atoms with van der Waals surface area (Å²) < 4.78 is 0. The van der Waals surface area contributed by atoms with Crippen molar-refractivity contribution in [1.82, 2.24) is 10.2 Å². The number of carbonyl (C=O) groups excluding carboxylic acids is 2. The molecule has 1 aliphatic heterocycles. The van der Waals surface area contributed by atoms with Crippen LogP contribution in [0, 0.1) is 12.8 Å². The number of likely N-dealkylation sites (tertiary alicyclic amines) is 1. The van der Waals surface area contributed by atoms with Gasteiger partial charge in [-0.1, -0.05) is 24.3 Å². The number of piperidine rings is 1. The summed E-state index contributed by atoms with van der Waals surface area (Å²) in [4.78, 5) is 24.9. The normalized spacial score (nSPS) is 17.5. The molecular formula is C18H27N3O2S. The van der Waals surface area contributed by atoms with Crippen molar-refractivity contribution in [2.75, 3.05) is 25.4 Å². The fourth-order valence-corrected chi connectivity index (χ4v) is 3.91. The molecule has 5 nitrogen and oxygen atoms in total. The summed E-state index contributed by atoms with van der Waals surface area (Å²) in [5.41, 5.74) is 8.00. The van der Waals surface area contributed by atoms with E-state index in [2.05, 4.69) is 36.5 Å². The number of carbonyl (C=O) groups is 2. The molecule has 1 fully saturated rings. The lowest BCUT2D eigenvalue weighted by molar-refractivity contribution is -0.126. The molecular weight excluding hydrogens is 322 g/mol. The SMILES string of the molecule is Cc1ccccc1CSCCCNC(=O)[C@H]1CCCN(C(N)=O)C1. The van der Waals surface area contributed by atoms with E-state index in [0.717, 1.165) is 30.8 Å². The number of hydrogen-bond acceptors (Lipinski definition) is 3. The van der Waals surface area contributed by atoms with Crippen LogP contribution in [0.1, 0.15) is 30.4 Å². The van der Waals surface area contributed by atoms with Crippen molar-refractivity contribution < 1.29 is 9.59 Å². The van der Waals surface area contributed by atoms with Crippen LogP contribution in [-0.4, -0.2) is 42.2 Å². The highest BCUT2D eigenvalue weighted by atomic mass is 32.2. The first-order valence-corrected chi connectivity index (χ1v) is 9.67. The molecule has 3 amide bonds. The molecule has 0 unspecified atom stereocenters. The number of hydrogen-bond donors (Lipinski definition) is 2. The second kappa shape index (κ2) is 9.57. The fraction of sp³-hybridized carbons (Fsp3) is 0.556. The summed E-state index contributed by atoms with van der Waals surface area (Å²) >= 11 is 1.89. The molecule has 0 spiro atoms. The summed E-state index contributed by atoms with van der Waals surface area (Å²) in [5.74, 6) is 1.96. The van der Waals surface area contributed by atoms with Gasteiger partial charge in [0, 0.05) is 25.4 Å². The monoisotopic (exact) mass is 349 g/mol. The third kappa shape index (κ3) is 5.74. The van der Waals surface area contributed by atoms with Gasteiger partial charge >= 0.3 is 6.03 Å². The zero-order valence-electron chi connectivity index (χ0n) is 14.3. The highest BCUT2D eigenvalue weighted by Gasteiger charge is 2.26. The van der Waals surface area contributed by atoms with Crippen molar-refractivity contribution >= 4 is 23.7 Å². The summed E-state index contributed by atoms with van der Waals surface area (Å²) in [6.07, 6.45) is 2.62. The molecule has 0 bridgehead atoms. The molecule has 1 heterocycles. The average Bonchev–Trinajstić information content (AvgIpc) is 2.59. The maximum atomic E-state index is 12.2. The Morgan fingerprint density at radius 1 is 1.38 bits per heavy atom. The number of thioether (sulfide) groups is 1. The Labute approximate surface area is 148 Å². The molecule has 0 aromatic heterocycles. The fourth-order valence-electron chi connectivity index (χ4n) is 2.88. The van der Waals surface area contributed by atoms with Gasteiger partial charge in [-0.2, -0.15) is 11.8 Å². The second-order valence-electron chi connectivity index (χ2n) is 6.25. The van der Waals surface area contributed by atoms with Crippen LogP contribution in [0.2, 0.25) is 0 Å². The molecule has 3 N–H and O–H groups in total. The van der Waals surface area contributed by atoms with Crippen LogP contribution in [0.25, 0.3) is 0 Å². The predicted molar refractivity (Wildman–Crippen MR) is 98.8 cm³/mol. The minimum atomic E-state index is -0.430. The van der Waals surface area contributed by atoms with Crippen molar-refractivity contribution in [3.05, 3.63) is 35.4 Å². The number of aryl methyl sites for hydroxylation is 1. The number of primary amides is 1. The largest absolute Gasteiger partial charge is 0.356 e. The molecule has 0 radical (unpaired) electrons. The second-order valence-corrected chi connectivity index (χ2v) is 7.35. The molecule has 1 saturated heterocycles. The lowest BCUT2D eigenvalue weighted by atomic mass is 9.97. The minimum absolute atomic E-state index is 0.0462. The maximum Gasteiger partial charge on any atom is 0.314 e. The van der Waals surface area contributed by atoms with Crippen LogP contribution in [0.5, 0.6) is 0 Å². The summed E-state index contributed by atoms with van der Waals surface area (Å²) in [6.45, 7) is 3.93. The maximum absolute atomic E-state index is 12.2. The van der Waals surface area contributed by atoms with Crippen molar-refractivity contribution in [1.29, 1.82) is 0 Å². The van der Waals surface area contributed by atoms with Gasteiger partial charge in [0.25, 0.3) is 0 Å². The van der Waals surface area contributed by atoms with E-state index < -0.39 is 6.03 Å². The van der Waals surface area contributed by atoms with Gasteiger partial charge in [0.15, 0.2) is 0 Å². The topological polar surface area (TPSA) is 75.4 Å². The minimum Gasteiger partial charge on any atom is -0.356 e. The van der Waals surface area contributed by atoms with Crippen molar-refractivity contribution in [2.24, 2.45) is 11.7 Å². The Hall–Kier alpha value is -1.69. The van der Waals surface area contributed by atoms with Gasteiger partial charge in [0.05, 0.1) is 5.92 Å². The molecule has 24 heavy (non-hydrogen) atoms. The zero-order valence-corrected chi connectivity index (χ0v) is 15.1. The van der Waals surface area contributed by atoms with Crippen LogP contribution in [0.4, 0.5) is 4.79 Å². The van der Waals surface area contributed by atoms with Crippen LogP contribution in [0.15, 0.2) is 24.3 Å². The molecule has 2 rings (SSSR count). The van der Waals surface area contributed by atoms with Gasteiger partial charge < -0.3 is 16.0 Å². The number of amides is 3. The van der Waals surface area contributed by atoms with E-state index in [9.17, 15) is 9.59 Å². The van der Waals surface area contributed by atoms with E-state index in [1.165, 1.54) is 11.1 Å². The highest BCUT2D eigenvalue weighted by molar-refractivity contribution is 7.98. The van der Waals surface area contributed by atoms with Gasteiger partial charge in [-0.25, -0.2) is 4.79 Å². The van der Waals surface area contributed by atoms with Gasteiger partial charge in [-0.05, 0) is 43.1 Å². The molecule has 0 aliphatic carbocycles. The van der Waals surface area contributed by atoms with Crippen molar-refractivity contribution in [3.8, 4) is 0 Å². The van der Waals surface area contributed by atoms with E-state index in [4.69, 9.17) is 5.73 Å². The number of rotatable bonds is 7. The quantitative estimate of drug-likeness (QED) is 0.743. The Morgan fingerprint density at radius 2 is 2.17 bits per heavy atom. The van der Waals surface area contributed by atoms with Crippen molar-refractivity contribution in [2.45, 2.75) is 31.9 Å². The number of nitrogens with one attached hydrogen (secondary N) is 1. The Kier molecular flexibility index (Phi) is 7.43. The number of nitrogens with two attached hydrogens (primary N) is 1. The third-order valence-corrected chi connectivity index (χ3v) is 5.48. The van der Waals surface area contributed by atoms with Crippen LogP contribution >= 0.6 is 11.8 Å². The summed E-state index contributed by atoms with van der Waals surface area (Å²) in [7, 11) is 0. The first-order chi connectivity index (χ1) is 11.6. The Bertz CT molecular complexity index is 565. The third-order valence-electron chi connectivity index (χ3n) is 4.39. The van der Waals surface area contributed by atoms with Gasteiger partial charge in [-0.3, -0.25) is 4.79 Å². The van der Waals surface area contributed by atoms with E-state index in [1.54, 1.807) is 4.90 Å². The Morgan fingerprint density at radius 3 is 2.92 bits per heavy atom. The van der Waals surface area contributed by atoms with Crippen LogP contribution in [-0.2, 0) is 10.5 Å². The van der Waals surface area contributed by atoms with Crippen LogP contribution in [0.3, 0.4) is 0 Å². The van der Waals surface area contributed by atoms with Crippen LogP contribution < -0.4 is 11.1 Å². The lowest BCUT2D eigenvalue weighted by Gasteiger charge is -2.30. The lowest BCUT2D eigenvalue weighted by Crippen LogP contribution is -2.47. The highest BCUT2D eigenvalue weighted by Crippen LogP contribution is 2.17. The Balaban J connectivity index is 1.59. The van der Waals surface area contributed by atoms with Gasteiger partial charge in [0.1, 0.15) is 0 Å². The van der Waals surface area contributed by atoms with E-state index >= 15 is 0 Å². The number of nitrogens with zero attached hydrogens (tertiary/aromatic N) is 1. The van der Waals surface area contributed by atoms with E-state index in [1.807, 2.05) is 11.8 Å². The van der Waals surface area contributed by atoms with Gasteiger partial charge in [-0.15, -0.1) is 0 Å². The summed E-state index contributed by atoms with van der Waals surface area (Å²) in [5, 5.41) is 2.99. The zero-order chi connectivity index (χ0) is 17.4. The van der Waals surface area contributed by atoms with E-state index in [-0.39, 0.29) is 11.8 Å². The first kappa shape index (κ1) is 18.6. The molecule has 6 heteroatoms. The number of urea groups is 1. The molecule has 1 aromatic rings. The smallest absolute Gasteiger partial charge is 0.314 e. The standard InChI is InChI=1S/C18H27N3O2S/c1-14-6-2-3-7-16(14)13-24-11-5-9-20-17(22)15-8-4-10-21(12-15)18(19)23/h2-3,6-7,15H,4-5,8-13H2,1H3,(H2,19,23)(H,20,22)/t15-/m0/s1. The van der Waals surface area contributed by atoms with E-state index in [0.29, 0.717) is 19.6 Å². The predicted octanol–water partition coefficient (Wildman–Crippen LogP) is 2.53. The average molecular weight is 350 g/mol. The molecule has 0 saturated carbocycles. The van der Waals surface area contributed by atoms with Crippen molar-refractivity contribution in [3.63, 3.8) is 0 Å². The first-order valence-electron chi connectivity index (χ1n) is 8.52. The summed E-state index contributed by atoms with van der Waals surface area (Å²) in [6, 6.07) is 8.00. The molecule has 1 aliphatic rings. The molecule has 1 aromatic carbocycles. The van der Waals surface area contributed by atoms with Gasteiger partial charge in [0.2, 0.25) is 5.91 Å².